The van der Waals surface area contributed by atoms with Gasteiger partial charge in [-0.25, -0.2) is 12.8 Å². The van der Waals surface area contributed by atoms with Crippen LogP contribution in [0.2, 0.25) is 0 Å². The fraction of sp³-hybridized carbons (Fsp3) is 0.538. The molecule has 0 bridgehead atoms. The first-order chi connectivity index (χ1) is 8.87. The van der Waals surface area contributed by atoms with Gasteiger partial charge in [-0.2, -0.15) is 0 Å². The predicted octanol–water partition coefficient (Wildman–Crippen LogP) is 1.28. The molecular formula is C13H18FNO3S. The lowest BCUT2D eigenvalue weighted by Crippen LogP contribution is -2.22. The van der Waals surface area contributed by atoms with Gasteiger partial charge in [0.2, 0.25) is 0 Å². The van der Waals surface area contributed by atoms with Gasteiger partial charge in [0.05, 0.1) is 11.5 Å². The summed E-state index contributed by atoms with van der Waals surface area (Å²) in [6.45, 7) is 1.83. The summed E-state index contributed by atoms with van der Waals surface area (Å²) < 4.78 is 42.2. The fourth-order valence-corrected chi connectivity index (χ4v) is 3.80. The number of rotatable bonds is 4. The van der Waals surface area contributed by atoms with Crippen LogP contribution < -0.4 is 10.5 Å². The second kappa shape index (κ2) is 5.46. The van der Waals surface area contributed by atoms with Gasteiger partial charge in [-0.15, -0.1) is 0 Å². The molecule has 0 aromatic heterocycles. The second-order valence-electron chi connectivity index (χ2n) is 5.05. The zero-order valence-electron chi connectivity index (χ0n) is 10.8. The van der Waals surface area contributed by atoms with Crippen molar-refractivity contribution in [3.05, 3.63) is 29.6 Å². The lowest BCUT2D eigenvalue weighted by atomic mass is 10.1. The Morgan fingerprint density at radius 3 is 2.84 bits per heavy atom. The van der Waals surface area contributed by atoms with Crippen molar-refractivity contribution in [1.29, 1.82) is 0 Å². The largest absolute Gasteiger partial charge is 0.486 e. The van der Waals surface area contributed by atoms with E-state index in [0.717, 1.165) is 0 Å². The number of halogens is 1. The lowest BCUT2D eigenvalue weighted by molar-refractivity contribution is 0.216. The molecule has 2 unspecified atom stereocenters. The number of hydrogen-bond acceptors (Lipinski definition) is 4. The average Bonchev–Trinajstić information content (AvgIpc) is 2.62. The third-order valence-corrected chi connectivity index (χ3v) is 4.80. The van der Waals surface area contributed by atoms with Crippen molar-refractivity contribution in [1.82, 2.24) is 0 Å². The van der Waals surface area contributed by atoms with Gasteiger partial charge in [-0.3, -0.25) is 0 Å². The van der Waals surface area contributed by atoms with Crippen LogP contribution in [-0.4, -0.2) is 32.1 Å². The SMILES string of the molecule is CC(N)Cc1cccc(F)c1OC1CCS(=O)(=O)C1. The summed E-state index contributed by atoms with van der Waals surface area (Å²) in [4.78, 5) is 0. The topological polar surface area (TPSA) is 69.4 Å². The van der Waals surface area contributed by atoms with E-state index in [-0.39, 0.29) is 23.3 Å². The molecule has 1 aliphatic rings. The smallest absolute Gasteiger partial charge is 0.165 e. The van der Waals surface area contributed by atoms with E-state index in [1.807, 2.05) is 6.92 Å². The third kappa shape index (κ3) is 3.67. The summed E-state index contributed by atoms with van der Waals surface area (Å²) in [6, 6.07) is 4.55. The highest BCUT2D eigenvalue weighted by molar-refractivity contribution is 7.91. The lowest BCUT2D eigenvalue weighted by Gasteiger charge is -2.17. The molecule has 1 aromatic rings. The van der Waals surface area contributed by atoms with Crippen LogP contribution in [-0.2, 0) is 16.3 Å². The molecule has 1 aliphatic heterocycles. The van der Waals surface area contributed by atoms with Crippen molar-refractivity contribution in [3.63, 3.8) is 0 Å². The van der Waals surface area contributed by atoms with E-state index in [1.54, 1.807) is 12.1 Å². The van der Waals surface area contributed by atoms with E-state index in [1.165, 1.54) is 6.07 Å². The highest BCUT2D eigenvalue weighted by Crippen LogP contribution is 2.27. The molecule has 2 atom stereocenters. The Balaban J connectivity index is 2.19. The molecule has 0 amide bonds. The molecule has 19 heavy (non-hydrogen) atoms. The van der Waals surface area contributed by atoms with E-state index >= 15 is 0 Å². The zero-order chi connectivity index (χ0) is 14.0. The van der Waals surface area contributed by atoms with Gasteiger partial charge in [0.1, 0.15) is 6.10 Å². The van der Waals surface area contributed by atoms with Crippen LogP contribution in [0, 0.1) is 5.82 Å². The van der Waals surface area contributed by atoms with E-state index in [2.05, 4.69) is 0 Å². The number of hydrogen-bond donors (Lipinski definition) is 1. The maximum Gasteiger partial charge on any atom is 0.165 e. The molecule has 1 heterocycles. The standard InChI is InChI=1S/C13H18FNO3S/c1-9(15)7-10-3-2-4-12(14)13(10)18-11-5-6-19(16,17)8-11/h2-4,9,11H,5-8,15H2,1H3. The number of sulfone groups is 1. The number of benzene rings is 1. The average molecular weight is 287 g/mol. The minimum absolute atomic E-state index is 0.0427. The molecule has 106 valence electrons. The minimum Gasteiger partial charge on any atom is -0.486 e. The van der Waals surface area contributed by atoms with Crippen LogP contribution in [0.15, 0.2) is 18.2 Å². The molecule has 0 radical (unpaired) electrons. The van der Waals surface area contributed by atoms with Gasteiger partial charge in [0.15, 0.2) is 21.4 Å². The van der Waals surface area contributed by atoms with Gasteiger partial charge >= 0.3 is 0 Å². The minimum atomic E-state index is -3.04. The van der Waals surface area contributed by atoms with Gasteiger partial charge in [0, 0.05) is 6.04 Å². The molecule has 0 aliphatic carbocycles. The first kappa shape index (κ1) is 14.3. The van der Waals surface area contributed by atoms with Crippen LogP contribution in [0.4, 0.5) is 4.39 Å². The molecule has 1 saturated heterocycles. The number of nitrogens with two attached hydrogens (primary N) is 1. The quantitative estimate of drug-likeness (QED) is 0.905. The molecule has 0 saturated carbocycles. The monoisotopic (exact) mass is 287 g/mol. The summed E-state index contributed by atoms with van der Waals surface area (Å²) in [5.74, 6) is -0.266. The summed E-state index contributed by atoms with van der Waals surface area (Å²) in [7, 11) is -3.04. The summed E-state index contributed by atoms with van der Waals surface area (Å²) >= 11 is 0. The summed E-state index contributed by atoms with van der Waals surface area (Å²) in [5.41, 5.74) is 6.40. The Kier molecular flexibility index (Phi) is 4.10. The second-order valence-corrected chi connectivity index (χ2v) is 7.28. The molecule has 2 N–H and O–H groups in total. The molecule has 0 spiro atoms. The normalized spacial score (nSPS) is 23.2. The van der Waals surface area contributed by atoms with Crippen LogP contribution in [0.3, 0.4) is 0 Å². The van der Waals surface area contributed by atoms with Gasteiger partial charge in [-0.1, -0.05) is 12.1 Å². The molecule has 2 rings (SSSR count). The van der Waals surface area contributed by atoms with Gasteiger partial charge < -0.3 is 10.5 Å². The van der Waals surface area contributed by atoms with Crippen molar-refractivity contribution in [2.75, 3.05) is 11.5 Å². The van der Waals surface area contributed by atoms with Crippen LogP contribution in [0.5, 0.6) is 5.75 Å². The molecular weight excluding hydrogens is 269 g/mol. The van der Waals surface area contributed by atoms with E-state index in [9.17, 15) is 12.8 Å². The maximum absolute atomic E-state index is 13.8. The van der Waals surface area contributed by atoms with Crippen molar-refractivity contribution in [2.24, 2.45) is 5.73 Å². The third-order valence-electron chi connectivity index (χ3n) is 3.07. The van der Waals surface area contributed by atoms with E-state index in [0.29, 0.717) is 18.4 Å². The van der Waals surface area contributed by atoms with Crippen molar-refractivity contribution < 1.29 is 17.5 Å². The Morgan fingerprint density at radius 2 is 2.26 bits per heavy atom. The maximum atomic E-state index is 13.8. The Bertz CT molecular complexity index is 557. The van der Waals surface area contributed by atoms with E-state index < -0.39 is 21.8 Å². The van der Waals surface area contributed by atoms with Crippen molar-refractivity contribution >= 4 is 9.84 Å². The molecule has 4 nitrogen and oxygen atoms in total. The highest BCUT2D eigenvalue weighted by atomic mass is 32.2. The van der Waals surface area contributed by atoms with Crippen LogP contribution in [0.1, 0.15) is 18.9 Å². The first-order valence-corrected chi connectivity index (χ1v) is 8.09. The first-order valence-electron chi connectivity index (χ1n) is 6.27. The Labute approximate surface area is 112 Å². The van der Waals surface area contributed by atoms with E-state index in [4.69, 9.17) is 10.5 Å². The van der Waals surface area contributed by atoms with Gasteiger partial charge in [0.25, 0.3) is 0 Å². The van der Waals surface area contributed by atoms with Crippen molar-refractivity contribution in [2.45, 2.75) is 31.9 Å². The summed E-state index contributed by atoms with van der Waals surface area (Å²) in [5, 5.41) is 0. The Hall–Kier alpha value is -1.14. The fourth-order valence-electron chi connectivity index (χ4n) is 2.21. The summed E-state index contributed by atoms with van der Waals surface area (Å²) in [6.07, 6.45) is 0.439. The predicted molar refractivity (Wildman–Crippen MR) is 71.4 cm³/mol. The molecule has 1 aromatic carbocycles. The number of ether oxygens (including phenoxy) is 1. The van der Waals surface area contributed by atoms with Crippen LogP contribution in [0.25, 0.3) is 0 Å². The number of para-hydroxylation sites is 1. The van der Waals surface area contributed by atoms with Gasteiger partial charge in [-0.05, 0) is 31.4 Å². The molecule has 6 heteroatoms. The van der Waals surface area contributed by atoms with Crippen LogP contribution >= 0.6 is 0 Å². The highest BCUT2D eigenvalue weighted by Gasteiger charge is 2.30. The zero-order valence-corrected chi connectivity index (χ0v) is 11.6. The van der Waals surface area contributed by atoms with Crippen molar-refractivity contribution in [3.8, 4) is 5.75 Å². The molecule has 1 fully saturated rings. The Morgan fingerprint density at radius 1 is 1.53 bits per heavy atom.